The van der Waals surface area contributed by atoms with Gasteiger partial charge in [0.2, 0.25) is 0 Å². The summed E-state index contributed by atoms with van der Waals surface area (Å²) in [5.41, 5.74) is 6.22. The summed E-state index contributed by atoms with van der Waals surface area (Å²) in [6.07, 6.45) is 0. The third-order valence-corrected chi connectivity index (χ3v) is 2.51. The molecule has 0 spiro atoms. The van der Waals surface area contributed by atoms with Crippen LogP contribution in [-0.2, 0) is 0 Å². The van der Waals surface area contributed by atoms with E-state index < -0.39 is 0 Å². The minimum absolute atomic E-state index is 0.154. The normalized spacial score (nSPS) is 10.1. The van der Waals surface area contributed by atoms with Crippen LogP contribution in [0.1, 0.15) is 10.4 Å². The summed E-state index contributed by atoms with van der Waals surface area (Å²) in [5.74, 6) is -0.154. The van der Waals surface area contributed by atoms with Crippen molar-refractivity contribution in [1.82, 2.24) is 0 Å². The molecule has 2 N–H and O–H groups in total. The Morgan fingerprint density at radius 1 is 1.46 bits per heavy atom. The van der Waals surface area contributed by atoms with Crippen molar-refractivity contribution in [3.8, 4) is 0 Å². The van der Waals surface area contributed by atoms with Gasteiger partial charge in [0.1, 0.15) is 0 Å². The van der Waals surface area contributed by atoms with Gasteiger partial charge in [-0.2, -0.15) is 0 Å². The Morgan fingerprint density at radius 2 is 2.08 bits per heavy atom. The van der Waals surface area contributed by atoms with Crippen LogP contribution in [0.2, 0.25) is 10.0 Å². The third-order valence-electron chi connectivity index (χ3n) is 1.49. The summed E-state index contributed by atoms with van der Waals surface area (Å²) >= 11 is 14.5. The molecule has 2 nitrogen and oxygen atoms in total. The SMILES string of the molecule is Nc1cc(Cl)cc(Cl)c1C(=O)CBr. The molecule has 0 atom stereocenters. The maximum Gasteiger partial charge on any atom is 0.176 e. The lowest BCUT2D eigenvalue weighted by Gasteiger charge is -2.05. The number of alkyl halides is 1. The van der Waals surface area contributed by atoms with E-state index in [1.165, 1.54) is 12.1 Å². The average molecular weight is 283 g/mol. The van der Waals surface area contributed by atoms with Crippen LogP contribution in [0.4, 0.5) is 5.69 Å². The number of anilines is 1. The second-order valence-electron chi connectivity index (χ2n) is 2.41. The van der Waals surface area contributed by atoms with E-state index in [2.05, 4.69) is 15.9 Å². The van der Waals surface area contributed by atoms with Crippen molar-refractivity contribution in [3.63, 3.8) is 0 Å². The first kappa shape index (κ1) is 10.8. The molecule has 1 rings (SSSR count). The zero-order valence-corrected chi connectivity index (χ0v) is 9.58. The Kier molecular flexibility index (Phi) is 3.59. The highest BCUT2D eigenvalue weighted by Crippen LogP contribution is 2.27. The van der Waals surface area contributed by atoms with Gasteiger partial charge in [0.15, 0.2) is 5.78 Å². The number of Topliss-reactive ketones (excluding diaryl/α,β-unsaturated/α-hetero) is 1. The van der Waals surface area contributed by atoms with Crippen molar-refractivity contribution in [2.45, 2.75) is 0 Å². The van der Waals surface area contributed by atoms with Crippen molar-refractivity contribution >= 4 is 50.6 Å². The maximum atomic E-state index is 11.3. The van der Waals surface area contributed by atoms with Crippen LogP contribution in [0.15, 0.2) is 12.1 Å². The highest BCUT2D eigenvalue weighted by molar-refractivity contribution is 9.09. The van der Waals surface area contributed by atoms with Crippen LogP contribution < -0.4 is 5.73 Å². The number of carbonyl (C=O) groups is 1. The van der Waals surface area contributed by atoms with Gasteiger partial charge >= 0.3 is 0 Å². The average Bonchev–Trinajstić information content (AvgIpc) is 2.02. The van der Waals surface area contributed by atoms with Crippen molar-refractivity contribution < 1.29 is 4.79 Å². The predicted octanol–water partition coefficient (Wildman–Crippen LogP) is 3.15. The molecule has 0 saturated heterocycles. The number of hydrogen-bond donors (Lipinski definition) is 1. The van der Waals surface area contributed by atoms with Gasteiger partial charge < -0.3 is 5.73 Å². The van der Waals surface area contributed by atoms with Crippen LogP contribution in [0.25, 0.3) is 0 Å². The molecule has 0 bridgehead atoms. The van der Waals surface area contributed by atoms with Gasteiger partial charge in [0.25, 0.3) is 0 Å². The third kappa shape index (κ3) is 2.36. The quantitative estimate of drug-likeness (QED) is 0.514. The van der Waals surface area contributed by atoms with E-state index in [0.29, 0.717) is 16.3 Å². The molecular weight excluding hydrogens is 277 g/mol. The molecule has 0 aliphatic carbocycles. The van der Waals surface area contributed by atoms with E-state index in [9.17, 15) is 4.79 Å². The maximum absolute atomic E-state index is 11.3. The molecule has 13 heavy (non-hydrogen) atoms. The smallest absolute Gasteiger partial charge is 0.176 e. The summed E-state index contributed by atoms with van der Waals surface area (Å²) in [7, 11) is 0. The molecule has 0 fully saturated rings. The summed E-state index contributed by atoms with van der Waals surface area (Å²) < 4.78 is 0. The number of nitrogens with two attached hydrogens (primary N) is 1. The van der Waals surface area contributed by atoms with Crippen LogP contribution in [0, 0.1) is 0 Å². The van der Waals surface area contributed by atoms with Gasteiger partial charge in [-0.1, -0.05) is 39.1 Å². The van der Waals surface area contributed by atoms with E-state index in [1.807, 2.05) is 0 Å². The van der Waals surface area contributed by atoms with Gasteiger partial charge in [-0.05, 0) is 12.1 Å². The first-order valence-electron chi connectivity index (χ1n) is 3.40. The molecule has 1 aromatic carbocycles. The molecular formula is C8H6BrCl2NO. The lowest BCUT2D eigenvalue weighted by Crippen LogP contribution is -2.05. The Hall–Kier alpha value is -0.250. The number of nitrogen functional groups attached to an aromatic ring is 1. The Bertz CT molecular complexity index is 331. The molecule has 0 amide bonds. The van der Waals surface area contributed by atoms with Crippen molar-refractivity contribution in [2.75, 3.05) is 11.1 Å². The molecule has 0 saturated carbocycles. The number of ketones is 1. The minimum atomic E-state index is -0.154. The van der Waals surface area contributed by atoms with Gasteiger partial charge in [-0.25, -0.2) is 0 Å². The number of benzene rings is 1. The van der Waals surface area contributed by atoms with E-state index in [0.717, 1.165) is 0 Å². The Labute approximate surface area is 94.1 Å². The monoisotopic (exact) mass is 281 g/mol. The largest absolute Gasteiger partial charge is 0.398 e. The van der Waals surface area contributed by atoms with Crippen molar-refractivity contribution in [1.29, 1.82) is 0 Å². The number of carbonyl (C=O) groups excluding carboxylic acids is 1. The van der Waals surface area contributed by atoms with E-state index in [-0.39, 0.29) is 16.1 Å². The van der Waals surface area contributed by atoms with Gasteiger partial charge in [0, 0.05) is 10.7 Å². The molecule has 5 heteroatoms. The Morgan fingerprint density at radius 3 is 2.54 bits per heavy atom. The van der Waals surface area contributed by atoms with Gasteiger partial charge in [-0.3, -0.25) is 4.79 Å². The lowest BCUT2D eigenvalue weighted by atomic mass is 10.1. The Balaban J connectivity index is 3.28. The summed E-state index contributed by atoms with van der Waals surface area (Å²) in [5, 5.41) is 0.904. The van der Waals surface area contributed by atoms with Gasteiger partial charge in [0.05, 0.1) is 15.9 Å². The standard InChI is InChI=1S/C8H6BrCl2NO/c9-3-7(13)8-5(11)1-4(10)2-6(8)12/h1-2H,3,12H2. The number of hydrogen-bond acceptors (Lipinski definition) is 2. The van der Waals surface area contributed by atoms with Crippen LogP contribution in [0.5, 0.6) is 0 Å². The summed E-state index contributed by atoms with van der Waals surface area (Å²) in [4.78, 5) is 11.3. The molecule has 70 valence electrons. The molecule has 0 aliphatic heterocycles. The molecule has 0 heterocycles. The number of rotatable bonds is 2. The lowest BCUT2D eigenvalue weighted by molar-refractivity contribution is 0.102. The predicted molar refractivity (Wildman–Crippen MR) is 59.0 cm³/mol. The van der Waals surface area contributed by atoms with Crippen LogP contribution >= 0.6 is 39.1 Å². The molecule has 0 radical (unpaired) electrons. The molecule has 0 aromatic heterocycles. The second-order valence-corrected chi connectivity index (χ2v) is 3.81. The molecule has 1 aromatic rings. The molecule has 0 unspecified atom stereocenters. The zero-order valence-electron chi connectivity index (χ0n) is 6.48. The minimum Gasteiger partial charge on any atom is -0.398 e. The molecule has 0 aliphatic rings. The summed E-state index contributed by atoms with van der Waals surface area (Å²) in [6, 6.07) is 3.00. The van der Waals surface area contributed by atoms with Crippen LogP contribution in [-0.4, -0.2) is 11.1 Å². The highest BCUT2D eigenvalue weighted by atomic mass is 79.9. The fraction of sp³-hybridized carbons (Fsp3) is 0.125. The first-order chi connectivity index (χ1) is 6.06. The van der Waals surface area contributed by atoms with Gasteiger partial charge in [-0.15, -0.1) is 0 Å². The van der Waals surface area contributed by atoms with Crippen LogP contribution in [0.3, 0.4) is 0 Å². The van der Waals surface area contributed by atoms with E-state index in [4.69, 9.17) is 28.9 Å². The van der Waals surface area contributed by atoms with E-state index in [1.54, 1.807) is 0 Å². The second kappa shape index (κ2) is 4.31. The fourth-order valence-electron chi connectivity index (χ4n) is 0.954. The summed E-state index contributed by atoms with van der Waals surface area (Å²) in [6.45, 7) is 0. The highest BCUT2D eigenvalue weighted by Gasteiger charge is 2.13. The van der Waals surface area contributed by atoms with Crippen molar-refractivity contribution in [2.24, 2.45) is 0 Å². The first-order valence-corrected chi connectivity index (χ1v) is 5.27. The van der Waals surface area contributed by atoms with Crippen molar-refractivity contribution in [3.05, 3.63) is 27.7 Å². The number of halogens is 3. The zero-order chi connectivity index (χ0) is 10.0. The fourth-order valence-corrected chi connectivity index (χ4v) is 1.85. The topological polar surface area (TPSA) is 43.1 Å². The van der Waals surface area contributed by atoms with E-state index >= 15 is 0 Å².